The minimum atomic E-state index is -3.60. The van der Waals surface area contributed by atoms with E-state index in [2.05, 4.69) is 15.0 Å². The van der Waals surface area contributed by atoms with Crippen LogP contribution in [0, 0.1) is 0 Å². The molecule has 0 aliphatic heterocycles. The highest BCUT2D eigenvalue weighted by Crippen LogP contribution is 2.18. The predicted molar refractivity (Wildman–Crippen MR) is 111 cm³/mol. The Hall–Kier alpha value is -2.32. The first kappa shape index (κ1) is 20.4. The molecule has 0 saturated heterocycles. The van der Waals surface area contributed by atoms with E-state index in [9.17, 15) is 8.42 Å². The molecule has 2 N–H and O–H groups in total. The van der Waals surface area contributed by atoms with Crippen LogP contribution in [-0.2, 0) is 14.8 Å². The molecule has 0 amide bonds. The molecule has 1 aromatic heterocycles. The summed E-state index contributed by atoms with van der Waals surface area (Å²) in [5.41, 5.74) is 1.08. The number of methoxy groups -OCH3 is 1. The summed E-state index contributed by atoms with van der Waals surface area (Å²) in [6, 6.07) is 16.5. The molecule has 7 heteroatoms. The molecule has 0 radical (unpaired) electrons. The van der Waals surface area contributed by atoms with Crippen molar-refractivity contribution in [1.29, 1.82) is 0 Å². The molecule has 0 aliphatic carbocycles. The average molecular weight is 400 g/mol. The third-order valence-corrected chi connectivity index (χ3v) is 6.10. The van der Waals surface area contributed by atoms with Gasteiger partial charge in [-0.15, -0.1) is 0 Å². The number of ether oxygens (including phenoxy) is 1. The fourth-order valence-electron chi connectivity index (χ4n) is 3.04. The quantitative estimate of drug-likeness (QED) is 0.578. The van der Waals surface area contributed by atoms with E-state index in [4.69, 9.17) is 4.74 Å². The molecule has 148 valence electrons. The van der Waals surface area contributed by atoms with E-state index < -0.39 is 10.0 Å². The van der Waals surface area contributed by atoms with Crippen LogP contribution in [0.2, 0.25) is 0 Å². The molecule has 0 fully saturated rings. The van der Waals surface area contributed by atoms with Crippen molar-refractivity contribution in [1.82, 2.24) is 15.0 Å². The Morgan fingerprint density at radius 2 is 1.82 bits per heavy atom. The van der Waals surface area contributed by atoms with E-state index in [1.54, 1.807) is 43.8 Å². The second-order valence-electron chi connectivity index (χ2n) is 6.70. The number of nitrogens with one attached hydrogen (secondary N) is 2. The molecule has 0 unspecified atom stereocenters. The Balaban J connectivity index is 1.57. The van der Waals surface area contributed by atoms with Gasteiger partial charge in [-0.1, -0.05) is 36.4 Å². The summed E-state index contributed by atoms with van der Waals surface area (Å²) in [4.78, 5) is 4.29. The number of hydrogen-bond donors (Lipinski definition) is 2. The van der Waals surface area contributed by atoms with Gasteiger partial charge in [0.05, 0.1) is 11.0 Å². The van der Waals surface area contributed by atoms with Gasteiger partial charge in [-0.2, -0.15) is 0 Å². The van der Waals surface area contributed by atoms with Gasteiger partial charge in [0, 0.05) is 44.0 Å². The van der Waals surface area contributed by atoms with E-state index in [1.165, 1.54) is 0 Å². The monoisotopic (exact) mass is 399 g/mol. The Labute approximate surface area is 166 Å². The lowest BCUT2D eigenvalue weighted by molar-refractivity contribution is 0.102. The predicted octanol–water partition coefficient (Wildman–Crippen LogP) is 2.88. The molecule has 3 rings (SSSR count). The van der Waals surface area contributed by atoms with Gasteiger partial charge in [0.25, 0.3) is 0 Å². The molecule has 3 aromatic rings. The van der Waals surface area contributed by atoms with Gasteiger partial charge in [0.2, 0.25) is 10.0 Å². The number of aromatic nitrogens is 1. The Kier molecular flexibility index (Phi) is 6.74. The maximum atomic E-state index is 12.7. The average Bonchev–Trinajstić information content (AvgIpc) is 2.71. The molecule has 0 bridgehead atoms. The summed E-state index contributed by atoms with van der Waals surface area (Å²) in [6.45, 7) is 2.92. The van der Waals surface area contributed by atoms with Crippen LogP contribution in [0.3, 0.4) is 0 Å². The number of hydrogen-bond acceptors (Lipinski definition) is 5. The van der Waals surface area contributed by atoms with Gasteiger partial charge >= 0.3 is 0 Å². The van der Waals surface area contributed by atoms with Crippen molar-refractivity contribution in [2.75, 3.05) is 20.2 Å². The number of pyridine rings is 1. The highest BCUT2D eigenvalue weighted by atomic mass is 32.2. The second kappa shape index (κ2) is 9.25. The molecule has 0 spiro atoms. The summed E-state index contributed by atoms with van der Waals surface area (Å²) in [5.74, 6) is 0. The highest BCUT2D eigenvalue weighted by molar-refractivity contribution is 7.89. The van der Waals surface area contributed by atoms with E-state index in [0.29, 0.717) is 13.1 Å². The molecule has 2 aromatic carbocycles. The van der Waals surface area contributed by atoms with Gasteiger partial charge in [-0.3, -0.25) is 4.98 Å². The topological polar surface area (TPSA) is 80.3 Å². The van der Waals surface area contributed by atoms with Gasteiger partial charge in [0.1, 0.15) is 0 Å². The molecule has 28 heavy (non-hydrogen) atoms. The summed E-state index contributed by atoms with van der Waals surface area (Å²) in [7, 11) is -1.93. The lowest BCUT2D eigenvalue weighted by Crippen LogP contribution is -2.41. The number of fused-ring (bicyclic) bond motifs is 1. The lowest BCUT2D eigenvalue weighted by atomic mass is 10.1. The van der Waals surface area contributed by atoms with E-state index in [0.717, 1.165) is 16.3 Å². The second-order valence-corrected chi connectivity index (χ2v) is 8.41. The zero-order valence-corrected chi connectivity index (χ0v) is 16.8. The number of sulfonamides is 1. The van der Waals surface area contributed by atoms with E-state index in [-0.39, 0.29) is 17.0 Å². The summed E-state index contributed by atoms with van der Waals surface area (Å²) in [5, 5.41) is 5.03. The Morgan fingerprint density at radius 1 is 1.04 bits per heavy atom. The summed E-state index contributed by atoms with van der Waals surface area (Å²) < 4.78 is 33.6. The largest absolute Gasteiger partial charge is 0.375 e. The van der Waals surface area contributed by atoms with Crippen LogP contribution in [0.25, 0.3) is 10.8 Å². The van der Waals surface area contributed by atoms with Crippen LogP contribution >= 0.6 is 0 Å². The van der Waals surface area contributed by atoms with Crippen molar-refractivity contribution in [3.63, 3.8) is 0 Å². The van der Waals surface area contributed by atoms with Gasteiger partial charge in [0.15, 0.2) is 0 Å². The van der Waals surface area contributed by atoms with Crippen molar-refractivity contribution in [3.8, 4) is 0 Å². The molecule has 6 nitrogen and oxygen atoms in total. The van der Waals surface area contributed by atoms with Crippen LogP contribution in [-0.4, -0.2) is 39.6 Å². The standard InChI is InChI=1S/C21H25N3O3S/c1-16(13-23-15-21(27-2)17-6-4-3-5-7-17)24-28(25,26)20-9-8-19-14-22-11-10-18(19)12-20/h3-12,14,16,21,23-24H,13,15H2,1-2H3/t16-,21+/m1/s1. The molecule has 2 atom stereocenters. The molecule has 0 saturated carbocycles. The smallest absolute Gasteiger partial charge is 0.240 e. The number of rotatable bonds is 9. The Bertz CT molecular complexity index is 1010. The van der Waals surface area contributed by atoms with Crippen molar-refractivity contribution in [2.45, 2.75) is 24.0 Å². The van der Waals surface area contributed by atoms with Crippen LogP contribution in [0.4, 0.5) is 0 Å². The van der Waals surface area contributed by atoms with Crippen LogP contribution < -0.4 is 10.0 Å². The zero-order valence-electron chi connectivity index (χ0n) is 16.0. The molecular weight excluding hydrogens is 374 g/mol. The van der Waals surface area contributed by atoms with Crippen LogP contribution in [0.15, 0.2) is 71.9 Å². The summed E-state index contributed by atoms with van der Waals surface area (Å²) in [6.07, 6.45) is 3.28. The number of benzene rings is 2. The SMILES string of the molecule is CO[C@@H](CNC[C@@H](C)NS(=O)(=O)c1ccc2cnccc2c1)c1ccccc1. The van der Waals surface area contributed by atoms with Crippen LogP contribution in [0.1, 0.15) is 18.6 Å². The van der Waals surface area contributed by atoms with Crippen LogP contribution in [0.5, 0.6) is 0 Å². The van der Waals surface area contributed by atoms with E-state index in [1.807, 2.05) is 37.3 Å². The van der Waals surface area contributed by atoms with Crippen molar-refractivity contribution < 1.29 is 13.2 Å². The first-order chi connectivity index (χ1) is 13.5. The maximum Gasteiger partial charge on any atom is 0.240 e. The third-order valence-electron chi connectivity index (χ3n) is 4.51. The van der Waals surface area contributed by atoms with Crippen molar-refractivity contribution in [2.24, 2.45) is 0 Å². The minimum absolute atomic E-state index is 0.0842. The molecule has 0 aliphatic rings. The van der Waals surface area contributed by atoms with Gasteiger partial charge < -0.3 is 10.1 Å². The first-order valence-corrected chi connectivity index (χ1v) is 10.6. The lowest BCUT2D eigenvalue weighted by Gasteiger charge is -2.19. The fraction of sp³-hybridized carbons (Fsp3) is 0.286. The molecular formula is C21H25N3O3S. The maximum absolute atomic E-state index is 12.7. The molecule has 1 heterocycles. The van der Waals surface area contributed by atoms with Gasteiger partial charge in [-0.05, 0) is 36.1 Å². The first-order valence-electron chi connectivity index (χ1n) is 9.14. The Morgan fingerprint density at radius 3 is 2.57 bits per heavy atom. The highest BCUT2D eigenvalue weighted by Gasteiger charge is 2.18. The minimum Gasteiger partial charge on any atom is -0.375 e. The normalized spacial score (nSPS) is 14.1. The van der Waals surface area contributed by atoms with Crippen molar-refractivity contribution >= 4 is 20.8 Å². The van der Waals surface area contributed by atoms with Crippen molar-refractivity contribution in [3.05, 3.63) is 72.6 Å². The van der Waals surface area contributed by atoms with Gasteiger partial charge in [-0.25, -0.2) is 13.1 Å². The third kappa shape index (κ3) is 5.14. The number of nitrogens with zero attached hydrogens (tertiary/aromatic N) is 1. The summed E-state index contributed by atoms with van der Waals surface area (Å²) >= 11 is 0. The van der Waals surface area contributed by atoms with E-state index >= 15 is 0 Å². The zero-order chi connectivity index (χ0) is 20.0. The fourth-order valence-corrected chi connectivity index (χ4v) is 4.32.